The molecule has 0 bridgehead atoms. The lowest BCUT2D eigenvalue weighted by molar-refractivity contribution is -0.385. The monoisotopic (exact) mass is 292 g/mol. The van der Waals surface area contributed by atoms with Gasteiger partial charge in [0.1, 0.15) is 0 Å². The Morgan fingerprint density at radius 3 is 2.43 bits per heavy atom. The summed E-state index contributed by atoms with van der Waals surface area (Å²) in [6, 6.07) is 2.88. The van der Waals surface area contributed by atoms with Crippen molar-refractivity contribution in [1.82, 2.24) is 0 Å². The molecule has 0 saturated heterocycles. The number of carbonyl (C=O) groups is 1. The lowest BCUT2D eigenvalue weighted by atomic mass is 10.0. The molecule has 0 unspecified atom stereocenters. The molecular formula is C15H20N2O4. The molecule has 2 N–H and O–H groups in total. The fourth-order valence-electron chi connectivity index (χ4n) is 2.81. The van der Waals surface area contributed by atoms with Crippen LogP contribution in [0.3, 0.4) is 0 Å². The highest BCUT2D eigenvalue weighted by atomic mass is 16.6. The standard InChI is InChI=1S/C15H20N2O4/c1-10-13(16-12-6-4-2-3-5-7-12)8-11(15(18)19)9-14(10)17(20)21/h8-9,12,16H,2-7H2,1H3,(H,18,19). The van der Waals surface area contributed by atoms with Crippen LogP contribution in [0.1, 0.15) is 54.4 Å². The predicted octanol–water partition coefficient (Wildman–Crippen LogP) is 3.74. The molecule has 0 aliphatic heterocycles. The molecule has 0 amide bonds. The number of hydrogen-bond acceptors (Lipinski definition) is 4. The molecule has 6 heteroatoms. The van der Waals surface area contributed by atoms with Crippen molar-refractivity contribution in [1.29, 1.82) is 0 Å². The van der Waals surface area contributed by atoms with Crippen LogP contribution in [-0.2, 0) is 0 Å². The zero-order valence-electron chi connectivity index (χ0n) is 12.1. The van der Waals surface area contributed by atoms with Crippen molar-refractivity contribution < 1.29 is 14.8 Å². The van der Waals surface area contributed by atoms with E-state index in [0.717, 1.165) is 31.7 Å². The quantitative estimate of drug-likeness (QED) is 0.501. The molecule has 0 heterocycles. The number of rotatable bonds is 4. The van der Waals surface area contributed by atoms with Gasteiger partial charge in [-0.25, -0.2) is 4.79 Å². The lowest BCUT2D eigenvalue weighted by Gasteiger charge is -2.19. The number of hydrogen-bond donors (Lipinski definition) is 2. The first-order chi connectivity index (χ1) is 9.99. The van der Waals surface area contributed by atoms with E-state index in [1.165, 1.54) is 18.9 Å². The minimum Gasteiger partial charge on any atom is -0.478 e. The molecule has 21 heavy (non-hydrogen) atoms. The van der Waals surface area contributed by atoms with Crippen LogP contribution >= 0.6 is 0 Å². The molecule has 1 fully saturated rings. The number of nitrogens with zero attached hydrogens (tertiary/aromatic N) is 1. The second-order valence-electron chi connectivity index (χ2n) is 5.56. The normalized spacial score (nSPS) is 16.2. The van der Waals surface area contributed by atoms with Gasteiger partial charge in [0.15, 0.2) is 0 Å². The molecule has 1 aliphatic rings. The molecular weight excluding hydrogens is 272 g/mol. The van der Waals surface area contributed by atoms with Gasteiger partial charge in [0, 0.05) is 23.4 Å². The maximum Gasteiger partial charge on any atom is 0.336 e. The van der Waals surface area contributed by atoms with Gasteiger partial charge in [0.2, 0.25) is 0 Å². The minimum absolute atomic E-state index is 0.0524. The summed E-state index contributed by atoms with van der Waals surface area (Å²) in [7, 11) is 0. The van der Waals surface area contributed by atoms with Crippen molar-refractivity contribution in [3.05, 3.63) is 33.4 Å². The topological polar surface area (TPSA) is 92.5 Å². The third-order valence-corrected chi connectivity index (χ3v) is 4.04. The van der Waals surface area contributed by atoms with E-state index in [4.69, 9.17) is 5.11 Å². The van der Waals surface area contributed by atoms with E-state index in [0.29, 0.717) is 11.3 Å². The summed E-state index contributed by atoms with van der Waals surface area (Å²) in [5.74, 6) is -1.15. The van der Waals surface area contributed by atoms with Crippen molar-refractivity contribution in [2.45, 2.75) is 51.5 Å². The van der Waals surface area contributed by atoms with Gasteiger partial charge in [0.05, 0.1) is 10.5 Å². The molecule has 0 spiro atoms. The number of nitrogens with one attached hydrogen (secondary N) is 1. The van der Waals surface area contributed by atoms with Crippen LogP contribution in [0.5, 0.6) is 0 Å². The van der Waals surface area contributed by atoms with Crippen molar-refractivity contribution in [3.63, 3.8) is 0 Å². The van der Waals surface area contributed by atoms with Crippen molar-refractivity contribution >= 4 is 17.3 Å². The van der Waals surface area contributed by atoms with Crippen LogP contribution < -0.4 is 5.32 Å². The first-order valence-corrected chi connectivity index (χ1v) is 7.28. The summed E-state index contributed by atoms with van der Waals surface area (Å²) < 4.78 is 0. The summed E-state index contributed by atoms with van der Waals surface area (Å²) in [6.07, 6.45) is 6.74. The van der Waals surface area contributed by atoms with Crippen LogP contribution in [0, 0.1) is 17.0 Å². The van der Waals surface area contributed by atoms with Gasteiger partial charge in [-0.3, -0.25) is 10.1 Å². The number of nitro benzene ring substituents is 1. The number of benzene rings is 1. The Labute approximate surface area is 123 Å². The van der Waals surface area contributed by atoms with E-state index in [1.54, 1.807) is 6.92 Å². The number of carboxylic acid groups (broad SMARTS) is 1. The van der Waals surface area contributed by atoms with Gasteiger partial charge >= 0.3 is 5.97 Å². The molecule has 0 atom stereocenters. The summed E-state index contributed by atoms with van der Waals surface area (Å²) in [5.41, 5.74) is 0.859. The molecule has 2 rings (SSSR count). The zero-order chi connectivity index (χ0) is 15.4. The van der Waals surface area contributed by atoms with Gasteiger partial charge in [0.25, 0.3) is 5.69 Å². The average Bonchev–Trinajstić information content (AvgIpc) is 2.69. The third-order valence-electron chi connectivity index (χ3n) is 4.04. The second-order valence-corrected chi connectivity index (χ2v) is 5.56. The first-order valence-electron chi connectivity index (χ1n) is 7.28. The molecule has 0 radical (unpaired) electrons. The Hall–Kier alpha value is -2.11. The van der Waals surface area contributed by atoms with Gasteiger partial charge < -0.3 is 10.4 Å². The van der Waals surface area contributed by atoms with Crippen molar-refractivity contribution in [2.75, 3.05) is 5.32 Å². The van der Waals surface area contributed by atoms with Crippen molar-refractivity contribution in [2.24, 2.45) is 0 Å². The first kappa shape index (κ1) is 15.3. The third kappa shape index (κ3) is 3.71. The Balaban J connectivity index is 2.32. The SMILES string of the molecule is Cc1c(NC2CCCCCC2)cc(C(=O)O)cc1[N+](=O)[O-]. The van der Waals surface area contributed by atoms with E-state index < -0.39 is 10.9 Å². The highest BCUT2D eigenvalue weighted by Crippen LogP contribution is 2.30. The Bertz CT molecular complexity index is 549. The Morgan fingerprint density at radius 1 is 1.29 bits per heavy atom. The molecule has 1 aliphatic carbocycles. The molecule has 6 nitrogen and oxygen atoms in total. The minimum atomic E-state index is -1.15. The van der Waals surface area contributed by atoms with E-state index in [2.05, 4.69) is 5.32 Å². The number of anilines is 1. The van der Waals surface area contributed by atoms with E-state index in [9.17, 15) is 14.9 Å². The van der Waals surface area contributed by atoms with Gasteiger partial charge in [-0.15, -0.1) is 0 Å². The molecule has 1 aromatic rings. The van der Waals surface area contributed by atoms with Crippen LogP contribution in [0.25, 0.3) is 0 Å². The summed E-state index contributed by atoms with van der Waals surface area (Å²) in [4.78, 5) is 21.7. The largest absolute Gasteiger partial charge is 0.478 e. The maximum absolute atomic E-state index is 11.1. The van der Waals surface area contributed by atoms with Crippen LogP contribution in [-0.4, -0.2) is 22.0 Å². The summed E-state index contributed by atoms with van der Waals surface area (Å²) >= 11 is 0. The zero-order valence-corrected chi connectivity index (χ0v) is 12.1. The molecule has 114 valence electrons. The van der Waals surface area contributed by atoms with E-state index in [-0.39, 0.29) is 17.3 Å². The lowest BCUT2D eigenvalue weighted by Crippen LogP contribution is -2.19. The fourth-order valence-corrected chi connectivity index (χ4v) is 2.81. The van der Waals surface area contributed by atoms with E-state index in [1.807, 2.05) is 0 Å². The molecule has 1 saturated carbocycles. The molecule has 0 aromatic heterocycles. The second kappa shape index (κ2) is 6.56. The highest BCUT2D eigenvalue weighted by Gasteiger charge is 2.21. The van der Waals surface area contributed by atoms with Gasteiger partial charge in [-0.1, -0.05) is 25.7 Å². The predicted molar refractivity (Wildman–Crippen MR) is 79.9 cm³/mol. The number of aromatic carboxylic acids is 1. The van der Waals surface area contributed by atoms with Crippen LogP contribution in [0.15, 0.2) is 12.1 Å². The maximum atomic E-state index is 11.1. The number of carboxylic acids is 1. The summed E-state index contributed by atoms with van der Waals surface area (Å²) in [6.45, 7) is 1.66. The molecule has 1 aromatic carbocycles. The smallest absolute Gasteiger partial charge is 0.336 e. The summed E-state index contributed by atoms with van der Waals surface area (Å²) in [5, 5.41) is 23.5. The average molecular weight is 292 g/mol. The Kier molecular flexibility index (Phi) is 4.77. The van der Waals surface area contributed by atoms with Crippen LogP contribution in [0.2, 0.25) is 0 Å². The Morgan fingerprint density at radius 2 is 1.90 bits per heavy atom. The van der Waals surface area contributed by atoms with Crippen molar-refractivity contribution in [3.8, 4) is 0 Å². The highest BCUT2D eigenvalue weighted by molar-refractivity contribution is 5.90. The van der Waals surface area contributed by atoms with Gasteiger partial charge in [-0.2, -0.15) is 0 Å². The van der Waals surface area contributed by atoms with Crippen LogP contribution in [0.4, 0.5) is 11.4 Å². The van der Waals surface area contributed by atoms with Gasteiger partial charge in [-0.05, 0) is 25.8 Å². The van der Waals surface area contributed by atoms with E-state index >= 15 is 0 Å². The number of nitro groups is 1. The fraction of sp³-hybridized carbons (Fsp3) is 0.533.